The quantitative estimate of drug-likeness (QED) is 0.487. The number of aromatic hydroxyl groups is 1. The Hall–Kier alpha value is -2.25. The van der Waals surface area contributed by atoms with Gasteiger partial charge in [0.15, 0.2) is 0 Å². The van der Waals surface area contributed by atoms with E-state index in [4.69, 9.17) is 0 Å². The Balaban J connectivity index is 2.60. The summed E-state index contributed by atoms with van der Waals surface area (Å²) in [7, 11) is -4.35. The minimum absolute atomic E-state index is 0.0476. The SMILES string of the molecule is Cc1ccc(N=Nc2cc(C(C)(C)C)cc(C(C)(C)C)c2O)cc1S(=O)(=O)O. The first-order valence-electron chi connectivity index (χ1n) is 8.98. The normalized spacial score (nSPS) is 13.3. The van der Waals surface area contributed by atoms with Crippen LogP contribution < -0.4 is 0 Å². The minimum atomic E-state index is -4.35. The molecule has 0 atom stereocenters. The van der Waals surface area contributed by atoms with Crippen molar-refractivity contribution in [2.45, 2.75) is 64.2 Å². The smallest absolute Gasteiger partial charge is 0.294 e. The molecule has 2 rings (SSSR count). The van der Waals surface area contributed by atoms with Crippen molar-refractivity contribution in [3.63, 3.8) is 0 Å². The Bertz CT molecular complexity index is 1030. The lowest BCUT2D eigenvalue weighted by molar-refractivity contribution is 0.445. The largest absolute Gasteiger partial charge is 0.505 e. The Morgan fingerprint density at radius 3 is 2.00 bits per heavy atom. The van der Waals surface area contributed by atoms with Gasteiger partial charge in [-0.1, -0.05) is 53.7 Å². The van der Waals surface area contributed by atoms with E-state index in [2.05, 4.69) is 31.0 Å². The molecular weight excluding hydrogens is 376 g/mol. The number of rotatable bonds is 3. The molecule has 0 fully saturated rings. The fourth-order valence-electron chi connectivity index (χ4n) is 2.74. The maximum atomic E-state index is 11.5. The van der Waals surface area contributed by atoms with E-state index in [0.29, 0.717) is 11.3 Å². The molecule has 2 N–H and O–H groups in total. The lowest BCUT2D eigenvalue weighted by atomic mass is 9.80. The zero-order valence-electron chi connectivity index (χ0n) is 17.4. The first kappa shape index (κ1) is 22.0. The summed E-state index contributed by atoms with van der Waals surface area (Å²) in [4.78, 5) is -0.216. The van der Waals surface area contributed by atoms with Gasteiger partial charge in [-0.25, -0.2) is 0 Å². The van der Waals surface area contributed by atoms with Gasteiger partial charge in [-0.3, -0.25) is 4.55 Å². The minimum Gasteiger partial charge on any atom is -0.505 e. The van der Waals surface area contributed by atoms with E-state index in [0.717, 1.165) is 11.1 Å². The number of aryl methyl sites for hydroxylation is 1. The maximum absolute atomic E-state index is 11.5. The summed E-state index contributed by atoms with van der Waals surface area (Å²) in [5, 5.41) is 19.0. The second kappa shape index (κ2) is 7.29. The van der Waals surface area contributed by atoms with Crippen LogP contribution in [0.2, 0.25) is 0 Å². The van der Waals surface area contributed by atoms with E-state index in [1.54, 1.807) is 25.1 Å². The van der Waals surface area contributed by atoms with Gasteiger partial charge >= 0.3 is 0 Å². The van der Waals surface area contributed by atoms with Crippen molar-refractivity contribution >= 4 is 21.5 Å². The van der Waals surface area contributed by atoms with Gasteiger partial charge in [0.25, 0.3) is 10.1 Å². The van der Waals surface area contributed by atoms with Crippen molar-refractivity contribution in [3.05, 3.63) is 47.0 Å². The molecule has 0 unspecified atom stereocenters. The summed E-state index contributed by atoms with van der Waals surface area (Å²) in [6.45, 7) is 13.8. The zero-order valence-corrected chi connectivity index (χ0v) is 18.2. The van der Waals surface area contributed by atoms with Crippen LogP contribution in [0.25, 0.3) is 0 Å². The van der Waals surface area contributed by atoms with Crippen LogP contribution in [0.5, 0.6) is 5.75 Å². The van der Waals surface area contributed by atoms with E-state index in [1.807, 2.05) is 26.8 Å². The van der Waals surface area contributed by atoms with E-state index >= 15 is 0 Å². The lowest BCUT2D eigenvalue weighted by Gasteiger charge is -2.26. The molecule has 2 aromatic carbocycles. The van der Waals surface area contributed by atoms with Crippen molar-refractivity contribution in [2.75, 3.05) is 0 Å². The van der Waals surface area contributed by atoms with Gasteiger partial charge in [-0.2, -0.15) is 13.5 Å². The molecule has 0 aliphatic rings. The van der Waals surface area contributed by atoms with Crippen LogP contribution in [0.15, 0.2) is 45.5 Å². The molecule has 0 aliphatic carbocycles. The standard InChI is InChI=1S/C21H28N2O4S/c1-13-8-9-15(12-18(13)28(25,26)27)22-23-17-11-14(20(2,3)4)10-16(19(17)24)21(5,6)7/h8-12,24H,1-7H3,(H,25,26,27). The fraction of sp³-hybridized carbons (Fsp3) is 0.429. The highest BCUT2D eigenvalue weighted by Gasteiger charge is 2.25. The topological polar surface area (TPSA) is 99.3 Å². The molecule has 0 bridgehead atoms. The molecule has 0 aliphatic heterocycles. The van der Waals surface area contributed by atoms with E-state index < -0.39 is 10.1 Å². The van der Waals surface area contributed by atoms with Gasteiger partial charge in [0.1, 0.15) is 11.4 Å². The van der Waals surface area contributed by atoms with Gasteiger partial charge in [0.05, 0.1) is 10.6 Å². The molecule has 152 valence electrons. The molecule has 0 radical (unpaired) electrons. The number of phenols is 1. The highest BCUT2D eigenvalue weighted by Crippen LogP contribution is 2.42. The number of hydrogen-bond donors (Lipinski definition) is 2. The molecule has 0 spiro atoms. The summed E-state index contributed by atoms with van der Waals surface area (Å²) in [5.41, 5.74) is 2.30. The Labute approximate surface area is 167 Å². The van der Waals surface area contributed by atoms with Crippen LogP contribution in [-0.2, 0) is 20.9 Å². The highest BCUT2D eigenvalue weighted by atomic mass is 32.2. The summed E-state index contributed by atoms with van der Waals surface area (Å²) >= 11 is 0. The lowest BCUT2D eigenvalue weighted by Crippen LogP contribution is -2.16. The van der Waals surface area contributed by atoms with Crippen molar-refractivity contribution in [2.24, 2.45) is 10.2 Å². The number of hydrogen-bond acceptors (Lipinski definition) is 5. The summed E-state index contributed by atoms with van der Waals surface area (Å²) in [6.07, 6.45) is 0. The third-order valence-electron chi connectivity index (χ3n) is 4.49. The molecule has 0 saturated heterocycles. The third-order valence-corrected chi connectivity index (χ3v) is 5.48. The van der Waals surface area contributed by atoms with Gasteiger partial charge < -0.3 is 5.11 Å². The molecule has 0 heterocycles. The maximum Gasteiger partial charge on any atom is 0.294 e. The molecule has 0 amide bonds. The van der Waals surface area contributed by atoms with E-state index in [1.165, 1.54) is 6.07 Å². The Kier molecular flexibility index (Phi) is 5.74. The predicted octanol–water partition coefficient (Wildman–Crippen LogP) is 5.96. The van der Waals surface area contributed by atoms with Crippen LogP contribution in [0.3, 0.4) is 0 Å². The first-order valence-corrected chi connectivity index (χ1v) is 10.4. The number of phenolic OH excluding ortho intramolecular Hbond substituents is 1. The van der Waals surface area contributed by atoms with Crippen LogP contribution in [0, 0.1) is 6.92 Å². The average Bonchev–Trinajstić information content (AvgIpc) is 2.51. The van der Waals surface area contributed by atoms with Crippen LogP contribution in [-0.4, -0.2) is 18.1 Å². The summed E-state index contributed by atoms with van der Waals surface area (Å²) in [6, 6.07) is 8.17. The second-order valence-corrected chi connectivity index (χ2v) is 10.4. The van der Waals surface area contributed by atoms with Gasteiger partial charge in [0.2, 0.25) is 0 Å². The average molecular weight is 405 g/mol. The van der Waals surface area contributed by atoms with Crippen molar-refractivity contribution in [1.82, 2.24) is 0 Å². The molecule has 7 heteroatoms. The van der Waals surface area contributed by atoms with Gasteiger partial charge in [-0.15, -0.1) is 5.11 Å². The van der Waals surface area contributed by atoms with Gasteiger partial charge in [0, 0.05) is 5.56 Å². The summed E-state index contributed by atoms with van der Waals surface area (Å²) < 4.78 is 32.3. The molecule has 0 aromatic heterocycles. The van der Waals surface area contributed by atoms with Crippen LogP contribution >= 0.6 is 0 Å². The van der Waals surface area contributed by atoms with Crippen LogP contribution in [0.4, 0.5) is 11.4 Å². The summed E-state index contributed by atoms with van der Waals surface area (Å²) in [5.74, 6) is 0.0476. The zero-order chi connectivity index (χ0) is 21.5. The fourth-order valence-corrected chi connectivity index (χ4v) is 3.49. The second-order valence-electron chi connectivity index (χ2n) is 9.02. The molecule has 6 nitrogen and oxygen atoms in total. The van der Waals surface area contributed by atoms with Crippen molar-refractivity contribution < 1.29 is 18.1 Å². The third kappa shape index (κ3) is 4.97. The highest BCUT2D eigenvalue weighted by molar-refractivity contribution is 7.85. The number of azo groups is 1. The van der Waals surface area contributed by atoms with E-state index in [-0.39, 0.29) is 27.2 Å². The molecule has 0 saturated carbocycles. The monoisotopic (exact) mass is 404 g/mol. The van der Waals surface area contributed by atoms with Gasteiger partial charge in [-0.05, 0) is 47.1 Å². The Morgan fingerprint density at radius 2 is 1.50 bits per heavy atom. The van der Waals surface area contributed by atoms with Crippen molar-refractivity contribution in [1.29, 1.82) is 0 Å². The number of benzene rings is 2. The Morgan fingerprint density at radius 1 is 0.893 bits per heavy atom. The van der Waals surface area contributed by atoms with E-state index in [9.17, 15) is 18.1 Å². The predicted molar refractivity (Wildman–Crippen MR) is 111 cm³/mol. The van der Waals surface area contributed by atoms with Crippen LogP contribution in [0.1, 0.15) is 58.2 Å². The molecule has 28 heavy (non-hydrogen) atoms. The molecular formula is C21H28N2O4S. The number of nitrogens with zero attached hydrogens (tertiary/aromatic N) is 2. The molecule has 2 aromatic rings. The van der Waals surface area contributed by atoms with Crippen molar-refractivity contribution in [3.8, 4) is 5.75 Å². The first-order chi connectivity index (χ1) is 12.6.